The Morgan fingerprint density at radius 3 is 2.67 bits per heavy atom. The summed E-state index contributed by atoms with van der Waals surface area (Å²) in [5.74, 6) is -1.74. The summed E-state index contributed by atoms with van der Waals surface area (Å²) in [4.78, 5) is 24.8. The van der Waals surface area contributed by atoms with Crippen molar-refractivity contribution in [2.75, 3.05) is 5.32 Å². The first-order chi connectivity index (χ1) is 13.7. The molecule has 0 radical (unpaired) electrons. The van der Waals surface area contributed by atoms with Gasteiger partial charge in [-0.25, -0.2) is 9.18 Å². The number of nitrogens with one attached hydrogen (secondary N) is 2. The molecule has 0 bridgehead atoms. The molecule has 0 fully saturated rings. The van der Waals surface area contributed by atoms with Gasteiger partial charge in [-0.2, -0.15) is 0 Å². The van der Waals surface area contributed by atoms with Crippen molar-refractivity contribution in [3.63, 3.8) is 0 Å². The molecule has 0 saturated heterocycles. The molecule has 3 N–H and O–H groups in total. The molecule has 1 aliphatic carbocycles. The number of aliphatic hydroxyl groups excluding tert-OH is 1. The second-order valence-electron chi connectivity index (χ2n) is 7.39. The van der Waals surface area contributed by atoms with Crippen molar-refractivity contribution in [2.24, 2.45) is 5.92 Å². The lowest BCUT2D eigenvalue weighted by molar-refractivity contribution is -0.119. The molecular formula is C22H34F2N2O4. The number of aliphatic hydroxyl groups is 1. The van der Waals surface area contributed by atoms with E-state index in [2.05, 4.69) is 10.6 Å². The summed E-state index contributed by atoms with van der Waals surface area (Å²) in [5, 5.41) is 16.3. The monoisotopic (exact) mass is 428 g/mol. The normalized spacial score (nSPS) is 17.1. The van der Waals surface area contributed by atoms with Crippen molar-refractivity contribution in [3.8, 4) is 0 Å². The molecule has 0 aromatic heterocycles. The number of anilines is 1. The molecule has 1 aromatic carbocycles. The number of allylic oxidation sites excluding steroid dienone is 1. The highest BCUT2D eigenvalue weighted by Gasteiger charge is 2.29. The minimum atomic E-state index is -0.804. The standard InChI is InChI=1S/C22H29FN2O4.FH.2H2/c1-5-19(25-22(28)29-13(2)3)16-8-6-7-9-17(20(16)26)21(27)24-15-11-10-14(4)18(23)12-15;;;/h6,8,10-13,17,19,26H,5,7,9H2,1-4H3,(H,24,27)(H,25,28);3*1H/t17-,19-;;;/m0.../s1. The van der Waals surface area contributed by atoms with Gasteiger partial charge >= 0.3 is 6.09 Å². The predicted molar refractivity (Wildman–Crippen MR) is 117 cm³/mol. The number of hydrogen-bond acceptors (Lipinski definition) is 4. The first-order valence-corrected chi connectivity index (χ1v) is 9.86. The SMILES string of the molecule is CC[C@H](NC(=O)OC(C)C)C1=C(O)[C@@H](C(=O)Nc2ccc(C)c(F)c2)CCC=C1.F.[HH].[HH]. The average Bonchev–Trinajstić information content (AvgIpc) is 2.84. The zero-order valence-electron chi connectivity index (χ0n) is 17.7. The maximum Gasteiger partial charge on any atom is 0.407 e. The third kappa shape index (κ3) is 6.57. The molecule has 170 valence electrons. The number of rotatable bonds is 6. The molecule has 8 heteroatoms. The Bertz CT molecular complexity index is 832. The topological polar surface area (TPSA) is 87.7 Å². The summed E-state index contributed by atoms with van der Waals surface area (Å²) in [6, 6.07) is 3.95. The van der Waals surface area contributed by atoms with Crippen LogP contribution in [0.2, 0.25) is 0 Å². The van der Waals surface area contributed by atoms with Crippen LogP contribution < -0.4 is 10.6 Å². The first kappa shape index (κ1) is 25.1. The van der Waals surface area contributed by atoms with Gasteiger partial charge in [0, 0.05) is 14.1 Å². The van der Waals surface area contributed by atoms with Crippen LogP contribution in [0.5, 0.6) is 0 Å². The Kier molecular flexibility index (Phi) is 9.49. The van der Waals surface area contributed by atoms with Crippen LogP contribution in [0.3, 0.4) is 0 Å². The molecule has 2 amide bonds. The van der Waals surface area contributed by atoms with E-state index in [1.807, 2.05) is 13.0 Å². The molecular weight excluding hydrogens is 394 g/mol. The van der Waals surface area contributed by atoms with Crippen LogP contribution in [0.25, 0.3) is 0 Å². The number of ether oxygens (including phenoxy) is 1. The highest BCUT2D eigenvalue weighted by Crippen LogP contribution is 2.28. The number of carbonyl (C=O) groups is 2. The molecule has 0 unspecified atom stereocenters. The van der Waals surface area contributed by atoms with Crippen molar-refractivity contribution >= 4 is 17.7 Å². The lowest BCUT2D eigenvalue weighted by Crippen LogP contribution is -2.38. The number of carbonyl (C=O) groups excluding carboxylic acids is 2. The van der Waals surface area contributed by atoms with Crippen LogP contribution >= 0.6 is 0 Å². The molecule has 2 rings (SSSR count). The van der Waals surface area contributed by atoms with Gasteiger partial charge in [0.2, 0.25) is 5.91 Å². The summed E-state index contributed by atoms with van der Waals surface area (Å²) in [5.41, 5.74) is 1.29. The van der Waals surface area contributed by atoms with Crippen molar-refractivity contribution in [2.45, 2.75) is 59.1 Å². The Hall–Kier alpha value is -2.90. The summed E-state index contributed by atoms with van der Waals surface area (Å²) in [7, 11) is 0. The number of hydrogen-bond donors (Lipinski definition) is 3. The average molecular weight is 429 g/mol. The molecule has 6 nitrogen and oxygen atoms in total. The van der Waals surface area contributed by atoms with Crippen LogP contribution in [0.4, 0.5) is 19.6 Å². The molecule has 1 aliphatic rings. The van der Waals surface area contributed by atoms with Gasteiger partial charge in [0.1, 0.15) is 11.6 Å². The third-order valence-corrected chi connectivity index (χ3v) is 4.72. The fourth-order valence-corrected chi connectivity index (χ4v) is 3.14. The third-order valence-electron chi connectivity index (χ3n) is 4.72. The fourth-order valence-electron chi connectivity index (χ4n) is 3.14. The van der Waals surface area contributed by atoms with Crippen LogP contribution in [0.15, 0.2) is 41.7 Å². The predicted octanol–water partition coefficient (Wildman–Crippen LogP) is 5.41. The maximum absolute atomic E-state index is 13.8. The number of aryl methyl sites for hydroxylation is 1. The van der Waals surface area contributed by atoms with E-state index in [0.29, 0.717) is 36.1 Å². The van der Waals surface area contributed by atoms with Crippen LogP contribution in [-0.2, 0) is 9.53 Å². The van der Waals surface area contributed by atoms with E-state index in [-0.39, 0.29) is 19.4 Å². The second-order valence-corrected chi connectivity index (χ2v) is 7.39. The number of amides is 2. The van der Waals surface area contributed by atoms with Gasteiger partial charge in [0.05, 0.1) is 18.1 Å². The van der Waals surface area contributed by atoms with Crippen molar-refractivity contribution < 1.29 is 31.4 Å². The minimum Gasteiger partial charge on any atom is -0.511 e. The van der Waals surface area contributed by atoms with Gasteiger partial charge in [-0.15, -0.1) is 0 Å². The number of halogens is 2. The molecule has 0 spiro atoms. The Morgan fingerprint density at radius 2 is 2.07 bits per heavy atom. The Morgan fingerprint density at radius 1 is 1.37 bits per heavy atom. The smallest absolute Gasteiger partial charge is 0.407 e. The van der Waals surface area contributed by atoms with Gasteiger partial charge in [0.25, 0.3) is 0 Å². The second kappa shape index (κ2) is 11.3. The Balaban J connectivity index is 0. The van der Waals surface area contributed by atoms with Gasteiger partial charge in [-0.3, -0.25) is 9.50 Å². The zero-order valence-corrected chi connectivity index (χ0v) is 17.7. The minimum absolute atomic E-state index is 0. The molecule has 30 heavy (non-hydrogen) atoms. The van der Waals surface area contributed by atoms with E-state index in [1.54, 1.807) is 39.0 Å². The summed E-state index contributed by atoms with van der Waals surface area (Å²) in [6.45, 7) is 7.00. The number of benzene rings is 1. The van der Waals surface area contributed by atoms with E-state index < -0.39 is 29.8 Å². The van der Waals surface area contributed by atoms with Crippen LogP contribution in [-0.4, -0.2) is 29.3 Å². The molecule has 1 aromatic rings. The van der Waals surface area contributed by atoms with Gasteiger partial charge in [-0.1, -0.05) is 25.1 Å². The lowest BCUT2D eigenvalue weighted by atomic mass is 9.95. The summed E-state index contributed by atoms with van der Waals surface area (Å²) in [6.07, 6.45) is 4.24. The molecule has 0 aliphatic heterocycles. The maximum atomic E-state index is 13.8. The van der Waals surface area contributed by atoms with Crippen molar-refractivity contribution in [1.29, 1.82) is 0 Å². The van der Waals surface area contributed by atoms with E-state index in [1.165, 1.54) is 6.07 Å². The molecule has 0 saturated carbocycles. The number of alkyl carbamates (subject to hydrolysis) is 1. The van der Waals surface area contributed by atoms with E-state index in [0.717, 1.165) is 0 Å². The van der Waals surface area contributed by atoms with E-state index in [4.69, 9.17) is 4.74 Å². The summed E-state index contributed by atoms with van der Waals surface area (Å²) >= 11 is 0. The molecule has 2 atom stereocenters. The van der Waals surface area contributed by atoms with Gasteiger partial charge in [-0.05, 0) is 57.7 Å². The highest BCUT2D eigenvalue weighted by atomic mass is 19.1. The zero-order chi connectivity index (χ0) is 21.6. The van der Waals surface area contributed by atoms with Gasteiger partial charge < -0.3 is 20.5 Å². The largest absolute Gasteiger partial charge is 0.511 e. The van der Waals surface area contributed by atoms with Crippen LogP contribution in [0.1, 0.15) is 48.5 Å². The fraction of sp³-hybridized carbons (Fsp3) is 0.455. The Labute approximate surface area is 178 Å². The van der Waals surface area contributed by atoms with Crippen molar-refractivity contribution in [3.05, 3.63) is 53.1 Å². The van der Waals surface area contributed by atoms with E-state index in [9.17, 15) is 19.1 Å². The first-order valence-electron chi connectivity index (χ1n) is 9.86. The van der Waals surface area contributed by atoms with E-state index >= 15 is 0 Å². The summed E-state index contributed by atoms with van der Waals surface area (Å²) < 4.78 is 18.9. The highest BCUT2D eigenvalue weighted by molar-refractivity contribution is 5.94. The van der Waals surface area contributed by atoms with Crippen molar-refractivity contribution in [1.82, 2.24) is 5.32 Å². The quantitative estimate of drug-likeness (QED) is 0.565. The lowest BCUT2D eigenvalue weighted by Gasteiger charge is -2.22. The van der Waals surface area contributed by atoms with Crippen LogP contribution in [0, 0.1) is 18.7 Å². The molecule has 0 heterocycles. The van der Waals surface area contributed by atoms with Gasteiger partial charge in [0.15, 0.2) is 0 Å².